The molecule has 0 fully saturated rings. The topological polar surface area (TPSA) is 84.4 Å². The molecular formula is C19H22N4O3S. The minimum Gasteiger partial charge on any atom is -0.468 e. The molecule has 0 aliphatic rings. The van der Waals surface area contributed by atoms with E-state index >= 15 is 0 Å². The van der Waals surface area contributed by atoms with Crippen molar-refractivity contribution in [2.45, 2.75) is 23.7 Å². The highest BCUT2D eigenvalue weighted by molar-refractivity contribution is 7.98. The van der Waals surface area contributed by atoms with Crippen LogP contribution in [0.3, 0.4) is 0 Å². The van der Waals surface area contributed by atoms with Gasteiger partial charge in [-0.05, 0) is 45.3 Å². The number of carbonyl (C=O) groups is 1. The zero-order valence-electron chi connectivity index (χ0n) is 15.5. The highest BCUT2D eigenvalue weighted by Crippen LogP contribution is 2.24. The fourth-order valence-corrected chi connectivity index (χ4v) is 3.48. The van der Waals surface area contributed by atoms with E-state index in [-0.39, 0.29) is 11.9 Å². The predicted molar refractivity (Wildman–Crippen MR) is 103 cm³/mol. The number of likely N-dealkylation sites (N-methyl/N-ethyl adjacent to an activating group) is 1. The fourth-order valence-electron chi connectivity index (χ4n) is 2.61. The van der Waals surface area contributed by atoms with Crippen molar-refractivity contribution >= 4 is 17.7 Å². The van der Waals surface area contributed by atoms with Gasteiger partial charge < -0.3 is 14.3 Å². The number of pyridine rings is 1. The zero-order valence-corrected chi connectivity index (χ0v) is 16.3. The largest absolute Gasteiger partial charge is 0.468 e. The van der Waals surface area contributed by atoms with Gasteiger partial charge in [-0.15, -0.1) is 0 Å². The van der Waals surface area contributed by atoms with Gasteiger partial charge in [-0.2, -0.15) is 0 Å². The Kier molecular flexibility index (Phi) is 6.31. The SMILES string of the molecule is Cc1cc(CSc2ncccc2C(=O)NCC(c2ccco2)N(C)C)no1. The van der Waals surface area contributed by atoms with Gasteiger partial charge >= 0.3 is 0 Å². The molecule has 3 rings (SSSR count). The Labute approximate surface area is 162 Å². The third-order valence-electron chi connectivity index (χ3n) is 4.00. The Morgan fingerprint density at radius 3 is 2.85 bits per heavy atom. The number of hydrogen-bond donors (Lipinski definition) is 1. The Balaban J connectivity index is 1.65. The molecular weight excluding hydrogens is 364 g/mol. The van der Waals surface area contributed by atoms with Crippen LogP contribution >= 0.6 is 11.8 Å². The Hall–Kier alpha value is -2.58. The average Bonchev–Trinajstić information content (AvgIpc) is 3.32. The number of aryl methyl sites for hydroxylation is 1. The molecule has 0 aliphatic heterocycles. The maximum absolute atomic E-state index is 12.7. The number of thioether (sulfide) groups is 1. The highest BCUT2D eigenvalue weighted by Gasteiger charge is 2.20. The summed E-state index contributed by atoms with van der Waals surface area (Å²) in [4.78, 5) is 19.1. The zero-order chi connectivity index (χ0) is 19.2. The first-order valence-corrected chi connectivity index (χ1v) is 9.51. The molecule has 0 radical (unpaired) electrons. The van der Waals surface area contributed by atoms with E-state index in [0.717, 1.165) is 17.2 Å². The third-order valence-corrected chi connectivity index (χ3v) is 5.04. The van der Waals surface area contributed by atoms with Crippen LogP contribution in [0.15, 0.2) is 56.8 Å². The monoisotopic (exact) mass is 386 g/mol. The molecule has 1 unspecified atom stereocenters. The van der Waals surface area contributed by atoms with E-state index in [1.807, 2.05) is 44.1 Å². The summed E-state index contributed by atoms with van der Waals surface area (Å²) >= 11 is 1.46. The van der Waals surface area contributed by atoms with Gasteiger partial charge in [-0.1, -0.05) is 16.9 Å². The van der Waals surface area contributed by atoms with Crippen LogP contribution in [0, 0.1) is 6.92 Å². The van der Waals surface area contributed by atoms with Gasteiger partial charge in [0.25, 0.3) is 5.91 Å². The van der Waals surface area contributed by atoms with E-state index in [2.05, 4.69) is 15.5 Å². The summed E-state index contributed by atoms with van der Waals surface area (Å²) in [7, 11) is 3.90. The first-order chi connectivity index (χ1) is 13.0. The molecule has 0 bridgehead atoms. The van der Waals surface area contributed by atoms with Gasteiger partial charge in [0, 0.05) is 24.6 Å². The molecule has 7 nitrogen and oxygen atoms in total. The Bertz CT molecular complexity index is 877. The van der Waals surface area contributed by atoms with Gasteiger partial charge in [0.1, 0.15) is 16.5 Å². The van der Waals surface area contributed by atoms with Crippen molar-refractivity contribution in [3.63, 3.8) is 0 Å². The molecule has 0 saturated heterocycles. The van der Waals surface area contributed by atoms with Crippen LogP contribution in [0.25, 0.3) is 0 Å². The number of hydrogen-bond acceptors (Lipinski definition) is 7. The molecule has 0 aliphatic carbocycles. The lowest BCUT2D eigenvalue weighted by molar-refractivity contribution is 0.0935. The number of furan rings is 1. The summed E-state index contributed by atoms with van der Waals surface area (Å²) in [6, 6.07) is 9.11. The second kappa shape index (κ2) is 8.88. The average molecular weight is 386 g/mol. The third kappa shape index (κ3) is 4.99. The Morgan fingerprint density at radius 1 is 1.33 bits per heavy atom. The van der Waals surface area contributed by atoms with Crippen LogP contribution in [-0.4, -0.2) is 41.6 Å². The summed E-state index contributed by atoms with van der Waals surface area (Å²) in [5.74, 6) is 1.99. The van der Waals surface area contributed by atoms with E-state index in [9.17, 15) is 4.79 Å². The lowest BCUT2D eigenvalue weighted by Crippen LogP contribution is -2.34. The van der Waals surface area contributed by atoms with E-state index in [4.69, 9.17) is 8.94 Å². The lowest BCUT2D eigenvalue weighted by atomic mass is 10.2. The number of amides is 1. The molecule has 1 amide bonds. The van der Waals surface area contributed by atoms with Crippen molar-refractivity contribution in [2.75, 3.05) is 20.6 Å². The lowest BCUT2D eigenvalue weighted by Gasteiger charge is -2.22. The van der Waals surface area contributed by atoms with Gasteiger partial charge in [-0.25, -0.2) is 4.98 Å². The summed E-state index contributed by atoms with van der Waals surface area (Å²) < 4.78 is 10.6. The molecule has 1 N–H and O–H groups in total. The van der Waals surface area contributed by atoms with Crippen molar-refractivity contribution in [3.8, 4) is 0 Å². The molecule has 0 saturated carbocycles. The number of nitrogens with zero attached hydrogens (tertiary/aromatic N) is 3. The molecule has 27 heavy (non-hydrogen) atoms. The minimum absolute atomic E-state index is 0.0465. The molecule has 0 aromatic carbocycles. The van der Waals surface area contributed by atoms with E-state index in [1.54, 1.807) is 24.6 Å². The predicted octanol–water partition coefficient (Wildman–Crippen LogP) is 3.30. The van der Waals surface area contributed by atoms with Crippen molar-refractivity contribution in [1.82, 2.24) is 20.4 Å². The molecule has 8 heteroatoms. The number of carbonyl (C=O) groups excluding carboxylic acids is 1. The highest BCUT2D eigenvalue weighted by atomic mass is 32.2. The van der Waals surface area contributed by atoms with Crippen LogP contribution < -0.4 is 5.32 Å². The smallest absolute Gasteiger partial charge is 0.254 e. The van der Waals surface area contributed by atoms with E-state index in [0.29, 0.717) is 22.9 Å². The first-order valence-electron chi connectivity index (χ1n) is 8.52. The molecule has 1 atom stereocenters. The van der Waals surface area contributed by atoms with E-state index in [1.165, 1.54) is 11.8 Å². The second-order valence-electron chi connectivity index (χ2n) is 6.28. The van der Waals surface area contributed by atoms with E-state index < -0.39 is 0 Å². The number of aromatic nitrogens is 2. The normalized spacial score (nSPS) is 12.3. The minimum atomic E-state index is -0.166. The molecule has 3 aromatic rings. The van der Waals surface area contributed by atoms with Crippen molar-refractivity contribution < 1.29 is 13.7 Å². The van der Waals surface area contributed by atoms with Crippen LogP contribution in [0.4, 0.5) is 0 Å². The standard InChI is InChI=1S/C19H22N4O3S/c1-13-10-14(22-26-13)12-27-19-15(6-4-8-20-19)18(24)21-11-16(23(2)3)17-7-5-9-25-17/h4-10,16H,11-12H2,1-3H3,(H,21,24). The van der Waals surface area contributed by atoms with Crippen LogP contribution in [-0.2, 0) is 5.75 Å². The van der Waals surface area contributed by atoms with Crippen LogP contribution in [0.1, 0.15) is 33.6 Å². The van der Waals surface area contributed by atoms with Crippen LogP contribution in [0.2, 0.25) is 0 Å². The molecule has 0 spiro atoms. The quantitative estimate of drug-likeness (QED) is 0.595. The van der Waals surface area contributed by atoms with Crippen molar-refractivity contribution in [3.05, 3.63) is 65.6 Å². The fraction of sp³-hybridized carbons (Fsp3) is 0.316. The van der Waals surface area contributed by atoms with Crippen LogP contribution in [0.5, 0.6) is 0 Å². The molecule has 3 aromatic heterocycles. The number of rotatable bonds is 8. The summed E-state index contributed by atoms with van der Waals surface area (Å²) in [6.07, 6.45) is 3.31. The summed E-state index contributed by atoms with van der Waals surface area (Å²) in [5.41, 5.74) is 1.36. The van der Waals surface area contributed by atoms with Gasteiger partial charge in [0.2, 0.25) is 0 Å². The van der Waals surface area contributed by atoms with Crippen molar-refractivity contribution in [2.24, 2.45) is 0 Å². The van der Waals surface area contributed by atoms with Gasteiger partial charge in [0.05, 0.1) is 23.6 Å². The Morgan fingerprint density at radius 2 is 2.19 bits per heavy atom. The van der Waals surface area contributed by atoms with Crippen molar-refractivity contribution in [1.29, 1.82) is 0 Å². The van der Waals surface area contributed by atoms with Gasteiger partial charge in [0.15, 0.2) is 0 Å². The second-order valence-corrected chi connectivity index (χ2v) is 7.24. The summed E-state index contributed by atoms with van der Waals surface area (Å²) in [5, 5.41) is 7.62. The summed E-state index contributed by atoms with van der Waals surface area (Å²) in [6.45, 7) is 2.28. The number of nitrogens with one attached hydrogen (secondary N) is 1. The maximum atomic E-state index is 12.7. The van der Waals surface area contributed by atoms with Gasteiger partial charge in [-0.3, -0.25) is 9.69 Å². The first kappa shape index (κ1) is 19.2. The maximum Gasteiger partial charge on any atom is 0.254 e. The molecule has 3 heterocycles. The molecule has 142 valence electrons.